The number of hydrogen-bond acceptors (Lipinski definition) is 5. The Labute approximate surface area is 154 Å². The van der Waals surface area contributed by atoms with Crippen molar-refractivity contribution in [1.29, 1.82) is 0 Å². The van der Waals surface area contributed by atoms with Crippen LogP contribution in [0.15, 0.2) is 46.4 Å². The van der Waals surface area contributed by atoms with Crippen molar-refractivity contribution in [2.45, 2.75) is 0 Å². The Balaban J connectivity index is 1.43. The van der Waals surface area contributed by atoms with Crippen molar-refractivity contribution >= 4 is 23.2 Å². The number of thiophene rings is 1. The Hall–Kier alpha value is -2.87. The topological polar surface area (TPSA) is 71.6 Å². The zero-order chi connectivity index (χ0) is 18.1. The number of nitrogens with zero attached hydrogens (tertiary/aromatic N) is 4. The van der Waals surface area contributed by atoms with E-state index in [1.807, 2.05) is 30.6 Å². The lowest BCUT2D eigenvalue weighted by molar-refractivity contribution is 0.0515. The van der Waals surface area contributed by atoms with Crippen LogP contribution in [0, 0.1) is 0 Å². The number of piperazine rings is 1. The molecular formula is C18H18N4O3S. The van der Waals surface area contributed by atoms with E-state index in [9.17, 15) is 9.59 Å². The molecule has 26 heavy (non-hydrogen) atoms. The molecule has 0 N–H and O–H groups in total. The first-order valence-corrected chi connectivity index (χ1v) is 9.21. The van der Waals surface area contributed by atoms with E-state index in [1.54, 1.807) is 38.0 Å². The van der Waals surface area contributed by atoms with Crippen molar-refractivity contribution in [2.24, 2.45) is 7.05 Å². The molecular weight excluding hydrogens is 352 g/mol. The molecule has 1 saturated heterocycles. The number of hydrogen-bond donors (Lipinski definition) is 0. The number of rotatable bonds is 3. The van der Waals surface area contributed by atoms with E-state index < -0.39 is 0 Å². The number of carbonyl (C=O) groups excluding carboxylic acids is 2. The van der Waals surface area contributed by atoms with Gasteiger partial charge in [-0.2, -0.15) is 5.10 Å². The Morgan fingerprint density at radius 1 is 1.08 bits per heavy atom. The monoisotopic (exact) mass is 370 g/mol. The van der Waals surface area contributed by atoms with Crippen molar-refractivity contribution < 1.29 is 14.0 Å². The van der Waals surface area contributed by atoms with Gasteiger partial charge in [-0.25, -0.2) is 0 Å². The first-order valence-electron chi connectivity index (χ1n) is 8.33. The molecule has 0 unspecified atom stereocenters. The molecule has 8 heteroatoms. The third-order valence-corrected chi connectivity index (χ3v) is 5.35. The average molecular weight is 370 g/mol. The molecule has 3 aromatic heterocycles. The smallest absolute Gasteiger partial charge is 0.289 e. The van der Waals surface area contributed by atoms with Crippen LogP contribution in [0.2, 0.25) is 0 Å². The van der Waals surface area contributed by atoms with Gasteiger partial charge in [0.1, 0.15) is 0 Å². The molecule has 1 fully saturated rings. The summed E-state index contributed by atoms with van der Waals surface area (Å²) >= 11 is 1.61. The highest BCUT2D eigenvalue weighted by Gasteiger charge is 2.28. The van der Waals surface area contributed by atoms with Crippen LogP contribution in [0.4, 0.5) is 0 Å². The van der Waals surface area contributed by atoms with Crippen LogP contribution in [-0.4, -0.2) is 57.6 Å². The van der Waals surface area contributed by atoms with E-state index >= 15 is 0 Å². The Morgan fingerprint density at radius 2 is 1.81 bits per heavy atom. The quantitative estimate of drug-likeness (QED) is 0.709. The Kier molecular flexibility index (Phi) is 4.34. The fraction of sp³-hybridized carbons (Fsp3) is 0.278. The first kappa shape index (κ1) is 16.6. The molecule has 0 aromatic carbocycles. The standard InChI is InChI=1S/C18H18N4O3S/c1-20-14(16-5-3-11-26-16)12-13(19-20)17(23)21-6-8-22(9-7-21)18(24)15-4-2-10-25-15/h2-5,10-12H,6-9H2,1H3. The van der Waals surface area contributed by atoms with Crippen LogP contribution in [0.25, 0.3) is 10.6 Å². The van der Waals surface area contributed by atoms with Crippen LogP contribution in [-0.2, 0) is 7.05 Å². The van der Waals surface area contributed by atoms with Crippen LogP contribution in [0.1, 0.15) is 21.0 Å². The molecule has 4 rings (SSSR count). The van der Waals surface area contributed by atoms with Crippen molar-refractivity contribution in [3.05, 3.63) is 53.4 Å². The number of amides is 2. The fourth-order valence-corrected chi connectivity index (χ4v) is 3.83. The van der Waals surface area contributed by atoms with Crippen molar-refractivity contribution in [1.82, 2.24) is 19.6 Å². The van der Waals surface area contributed by atoms with Crippen molar-refractivity contribution in [2.75, 3.05) is 26.2 Å². The minimum atomic E-state index is -0.139. The SMILES string of the molecule is Cn1nc(C(=O)N2CCN(C(=O)c3ccco3)CC2)cc1-c1cccs1. The van der Waals surface area contributed by atoms with Gasteiger partial charge in [0.2, 0.25) is 0 Å². The largest absolute Gasteiger partial charge is 0.459 e. The highest BCUT2D eigenvalue weighted by Crippen LogP contribution is 2.25. The van der Waals surface area contributed by atoms with Crippen molar-refractivity contribution in [3.63, 3.8) is 0 Å². The second kappa shape index (κ2) is 6.80. The first-order chi connectivity index (χ1) is 12.6. The molecule has 4 heterocycles. The van der Waals surface area contributed by atoms with E-state index in [4.69, 9.17) is 4.42 Å². The van der Waals surface area contributed by atoms with Gasteiger partial charge in [-0.15, -0.1) is 11.3 Å². The number of aromatic nitrogens is 2. The molecule has 1 aliphatic heterocycles. The number of aryl methyl sites for hydroxylation is 1. The maximum absolute atomic E-state index is 12.8. The lowest BCUT2D eigenvalue weighted by atomic mass is 10.2. The van der Waals surface area contributed by atoms with E-state index in [-0.39, 0.29) is 11.8 Å². The van der Waals surface area contributed by atoms with Gasteiger partial charge < -0.3 is 14.2 Å². The lowest BCUT2D eigenvalue weighted by Gasteiger charge is -2.33. The minimum Gasteiger partial charge on any atom is -0.459 e. The van der Waals surface area contributed by atoms with E-state index in [1.165, 1.54) is 6.26 Å². The zero-order valence-corrected chi connectivity index (χ0v) is 15.1. The molecule has 0 saturated carbocycles. The normalized spacial score (nSPS) is 14.7. The fourth-order valence-electron chi connectivity index (χ4n) is 3.06. The summed E-state index contributed by atoms with van der Waals surface area (Å²) in [5.41, 5.74) is 1.36. The van der Waals surface area contributed by atoms with Crippen LogP contribution in [0.5, 0.6) is 0 Å². The highest BCUT2D eigenvalue weighted by molar-refractivity contribution is 7.13. The van der Waals surface area contributed by atoms with Gasteiger partial charge in [-0.3, -0.25) is 14.3 Å². The summed E-state index contributed by atoms with van der Waals surface area (Å²) < 4.78 is 6.89. The number of carbonyl (C=O) groups is 2. The maximum atomic E-state index is 12.8. The predicted octanol–water partition coefficient (Wildman–Crippen LogP) is 2.34. The van der Waals surface area contributed by atoms with Gasteiger partial charge in [-0.05, 0) is 29.6 Å². The summed E-state index contributed by atoms with van der Waals surface area (Å²) in [6.07, 6.45) is 1.49. The molecule has 134 valence electrons. The Morgan fingerprint density at radius 3 is 2.42 bits per heavy atom. The van der Waals surface area contributed by atoms with Gasteiger partial charge in [0.05, 0.1) is 16.8 Å². The van der Waals surface area contributed by atoms with E-state index in [2.05, 4.69) is 5.10 Å². The summed E-state index contributed by atoms with van der Waals surface area (Å²) in [6.45, 7) is 1.93. The zero-order valence-electron chi connectivity index (χ0n) is 14.3. The molecule has 0 spiro atoms. The second-order valence-electron chi connectivity index (χ2n) is 6.08. The second-order valence-corrected chi connectivity index (χ2v) is 7.03. The highest BCUT2D eigenvalue weighted by atomic mass is 32.1. The molecule has 0 aliphatic carbocycles. The summed E-state index contributed by atoms with van der Waals surface area (Å²) in [7, 11) is 1.84. The summed E-state index contributed by atoms with van der Waals surface area (Å²) in [5.74, 6) is 0.0866. The van der Waals surface area contributed by atoms with Crippen LogP contribution in [0.3, 0.4) is 0 Å². The van der Waals surface area contributed by atoms with Gasteiger partial charge in [0.25, 0.3) is 11.8 Å². The molecule has 0 atom stereocenters. The lowest BCUT2D eigenvalue weighted by Crippen LogP contribution is -2.50. The summed E-state index contributed by atoms with van der Waals surface area (Å²) in [4.78, 5) is 29.6. The molecule has 7 nitrogen and oxygen atoms in total. The predicted molar refractivity (Wildman–Crippen MR) is 97.0 cm³/mol. The molecule has 3 aromatic rings. The van der Waals surface area contributed by atoms with Gasteiger partial charge in [-0.1, -0.05) is 6.07 Å². The van der Waals surface area contributed by atoms with E-state index in [0.717, 1.165) is 10.6 Å². The van der Waals surface area contributed by atoms with Gasteiger partial charge >= 0.3 is 0 Å². The molecule has 1 aliphatic rings. The molecule has 0 bridgehead atoms. The van der Waals surface area contributed by atoms with Gasteiger partial charge in [0.15, 0.2) is 11.5 Å². The maximum Gasteiger partial charge on any atom is 0.289 e. The summed E-state index contributed by atoms with van der Waals surface area (Å²) in [5, 5.41) is 6.37. The van der Waals surface area contributed by atoms with Crippen LogP contribution >= 0.6 is 11.3 Å². The molecule has 2 amide bonds. The van der Waals surface area contributed by atoms with Crippen molar-refractivity contribution in [3.8, 4) is 10.6 Å². The third kappa shape index (κ3) is 3.03. The van der Waals surface area contributed by atoms with Crippen LogP contribution < -0.4 is 0 Å². The third-order valence-electron chi connectivity index (χ3n) is 4.46. The van der Waals surface area contributed by atoms with Gasteiger partial charge in [0, 0.05) is 33.2 Å². The number of furan rings is 1. The Bertz CT molecular complexity index is 907. The average Bonchev–Trinajstić information content (AvgIpc) is 3.41. The molecule has 0 radical (unpaired) electrons. The summed E-state index contributed by atoms with van der Waals surface area (Å²) in [6, 6.07) is 9.16. The minimum absolute atomic E-state index is 0.103. The van der Waals surface area contributed by atoms with E-state index in [0.29, 0.717) is 37.6 Å².